The van der Waals surface area contributed by atoms with Crippen LogP contribution in [0, 0.1) is 11.3 Å². The largest absolute Gasteiger partial charge is 0.309 e. The molecule has 0 unspecified atom stereocenters. The van der Waals surface area contributed by atoms with Gasteiger partial charge in [0.05, 0.1) is 16.1 Å². The minimum absolute atomic E-state index is 0.453. The molecule has 1 aromatic carbocycles. The molecule has 1 aliphatic heterocycles. The Morgan fingerprint density at radius 2 is 2.25 bits per heavy atom. The number of halogens is 1. The molecular formula is C12H8ClN3. The van der Waals surface area contributed by atoms with E-state index in [1.807, 2.05) is 12.3 Å². The Kier molecular flexibility index (Phi) is 2.06. The number of rotatable bonds is 0. The molecule has 0 aliphatic carbocycles. The highest BCUT2D eigenvalue weighted by atomic mass is 35.5. The lowest BCUT2D eigenvalue weighted by molar-refractivity contribution is 0.765. The first-order valence-electron chi connectivity index (χ1n) is 5.01. The first-order chi connectivity index (χ1) is 7.81. The molecule has 3 rings (SSSR count). The zero-order valence-electron chi connectivity index (χ0n) is 8.42. The number of nitrogens with zero attached hydrogens (tertiary/aromatic N) is 2. The summed E-state index contributed by atoms with van der Waals surface area (Å²) in [6.45, 7) is 1.70. The Morgan fingerprint density at radius 1 is 1.38 bits per heavy atom. The molecule has 1 N–H and O–H groups in total. The second-order valence-electron chi connectivity index (χ2n) is 3.80. The number of nitrogens with one attached hydrogen (secondary N) is 1. The van der Waals surface area contributed by atoms with E-state index in [4.69, 9.17) is 16.9 Å². The van der Waals surface area contributed by atoms with Crippen LogP contribution in [0.4, 0.5) is 0 Å². The van der Waals surface area contributed by atoms with Crippen LogP contribution >= 0.6 is 11.6 Å². The highest BCUT2D eigenvalue weighted by Crippen LogP contribution is 2.30. The van der Waals surface area contributed by atoms with Gasteiger partial charge < -0.3 is 5.32 Å². The van der Waals surface area contributed by atoms with Crippen molar-refractivity contribution in [3.8, 4) is 6.07 Å². The van der Waals surface area contributed by atoms with Gasteiger partial charge >= 0.3 is 0 Å². The molecule has 4 heteroatoms. The van der Waals surface area contributed by atoms with Gasteiger partial charge in [-0.05, 0) is 17.2 Å². The summed E-state index contributed by atoms with van der Waals surface area (Å²) in [7, 11) is 0. The van der Waals surface area contributed by atoms with E-state index in [-0.39, 0.29) is 0 Å². The first kappa shape index (κ1) is 9.59. The molecule has 0 amide bonds. The van der Waals surface area contributed by atoms with E-state index in [1.165, 1.54) is 11.1 Å². The molecular weight excluding hydrogens is 222 g/mol. The van der Waals surface area contributed by atoms with Crippen LogP contribution in [0.1, 0.15) is 16.7 Å². The van der Waals surface area contributed by atoms with Crippen LogP contribution in [0.2, 0.25) is 5.02 Å². The fraction of sp³-hybridized carbons (Fsp3) is 0.167. The number of pyridine rings is 1. The molecule has 2 aromatic rings. The molecule has 0 bridgehead atoms. The maximum absolute atomic E-state index is 8.90. The molecule has 0 fully saturated rings. The van der Waals surface area contributed by atoms with Gasteiger partial charge in [0.2, 0.25) is 0 Å². The molecule has 1 aromatic heterocycles. The van der Waals surface area contributed by atoms with Crippen molar-refractivity contribution in [3.63, 3.8) is 0 Å². The monoisotopic (exact) mass is 229 g/mol. The smallest absolute Gasteiger partial charge is 0.101 e. The molecule has 2 heterocycles. The molecule has 0 saturated heterocycles. The number of aromatic nitrogens is 1. The van der Waals surface area contributed by atoms with Crippen LogP contribution in [0.3, 0.4) is 0 Å². The number of benzene rings is 1. The number of nitriles is 1. The van der Waals surface area contributed by atoms with Crippen molar-refractivity contribution in [2.75, 3.05) is 0 Å². The second kappa shape index (κ2) is 3.44. The van der Waals surface area contributed by atoms with Gasteiger partial charge in [-0.3, -0.25) is 4.98 Å². The van der Waals surface area contributed by atoms with Gasteiger partial charge in [0.15, 0.2) is 0 Å². The van der Waals surface area contributed by atoms with Gasteiger partial charge in [-0.15, -0.1) is 0 Å². The van der Waals surface area contributed by atoms with E-state index >= 15 is 0 Å². The summed E-state index contributed by atoms with van der Waals surface area (Å²) >= 11 is 6.14. The third-order valence-corrected chi connectivity index (χ3v) is 3.30. The van der Waals surface area contributed by atoms with Crippen LogP contribution in [0.5, 0.6) is 0 Å². The van der Waals surface area contributed by atoms with Crippen LogP contribution in [-0.4, -0.2) is 4.98 Å². The van der Waals surface area contributed by atoms with Gasteiger partial charge in [-0.25, -0.2) is 0 Å². The zero-order chi connectivity index (χ0) is 11.1. The minimum Gasteiger partial charge on any atom is -0.309 e. The highest BCUT2D eigenvalue weighted by Gasteiger charge is 2.16. The third-order valence-electron chi connectivity index (χ3n) is 2.92. The summed E-state index contributed by atoms with van der Waals surface area (Å²) in [5, 5.41) is 13.7. The van der Waals surface area contributed by atoms with Crippen LogP contribution < -0.4 is 5.32 Å². The van der Waals surface area contributed by atoms with E-state index in [9.17, 15) is 0 Å². The summed E-state index contributed by atoms with van der Waals surface area (Å²) in [6, 6.07) is 5.75. The maximum atomic E-state index is 8.90. The Bertz CT molecular complexity index is 623. The summed E-state index contributed by atoms with van der Waals surface area (Å²) in [5.41, 5.74) is 3.67. The second-order valence-corrected chi connectivity index (χ2v) is 4.18. The van der Waals surface area contributed by atoms with Gasteiger partial charge in [0, 0.05) is 24.7 Å². The normalized spacial score (nSPS) is 13.8. The lowest BCUT2D eigenvalue weighted by Gasteiger charge is -2.06. The predicted molar refractivity (Wildman–Crippen MR) is 62.0 cm³/mol. The maximum Gasteiger partial charge on any atom is 0.101 e. The molecule has 3 nitrogen and oxygen atoms in total. The minimum atomic E-state index is 0.453. The third kappa shape index (κ3) is 1.21. The van der Waals surface area contributed by atoms with E-state index < -0.39 is 0 Å². The van der Waals surface area contributed by atoms with Crippen LogP contribution in [0.25, 0.3) is 10.9 Å². The summed E-state index contributed by atoms with van der Waals surface area (Å²) in [5.74, 6) is 0. The van der Waals surface area contributed by atoms with Gasteiger partial charge in [0.1, 0.15) is 6.07 Å². The van der Waals surface area contributed by atoms with Crippen molar-refractivity contribution in [1.29, 1.82) is 5.26 Å². The van der Waals surface area contributed by atoms with Crippen molar-refractivity contribution >= 4 is 22.5 Å². The van der Waals surface area contributed by atoms with E-state index in [2.05, 4.69) is 16.4 Å². The predicted octanol–water partition coefficient (Wildman–Crippen LogP) is 2.36. The molecule has 0 spiro atoms. The molecule has 0 saturated carbocycles. The first-order valence-corrected chi connectivity index (χ1v) is 5.39. The Morgan fingerprint density at radius 3 is 3.06 bits per heavy atom. The summed E-state index contributed by atoms with van der Waals surface area (Å²) < 4.78 is 0. The topological polar surface area (TPSA) is 48.7 Å². The fourth-order valence-corrected chi connectivity index (χ4v) is 2.35. The summed E-state index contributed by atoms with van der Waals surface area (Å²) in [4.78, 5) is 4.34. The molecule has 0 atom stereocenters. The van der Waals surface area contributed by atoms with Crippen molar-refractivity contribution in [2.45, 2.75) is 13.1 Å². The Labute approximate surface area is 97.7 Å². The average molecular weight is 230 g/mol. The fourth-order valence-electron chi connectivity index (χ4n) is 2.10. The summed E-state index contributed by atoms with van der Waals surface area (Å²) in [6.07, 6.45) is 1.84. The molecule has 0 radical (unpaired) electrons. The van der Waals surface area contributed by atoms with Crippen molar-refractivity contribution < 1.29 is 0 Å². The van der Waals surface area contributed by atoms with Crippen molar-refractivity contribution in [2.24, 2.45) is 0 Å². The van der Waals surface area contributed by atoms with Gasteiger partial charge in [0.25, 0.3) is 0 Å². The van der Waals surface area contributed by atoms with Crippen LogP contribution in [-0.2, 0) is 13.1 Å². The highest BCUT2D eigenvalue weighted by molar-refractivity contribution is 6.36. The molecule has 1 aliphatic rings. The van der Waals surface area contributed by atoms with Crippen molar-refractivity contribution in [1.82, 2.24) is 10.3 Å². The Hall–Kier alpha value is -1.63. The lowest BCUT2D eigenvalue weighted by atomic mass is 10.0. The van der Waals surface area contributed by atoms with E-state index in [0.717, 1.165) is 24.0 Å². The van der Waals surface area contributed by atoms with Crippen molar-refractivity contribution in [3.05, 3.63) is 40.0 Å². The van der Waals surface area contributed by atoms with E-state index in [1.54, 1.807) is 6.07 Å². The SMILES string of the molecule is N#Cc1ccc2c3c(cnc2c1Cl)CNC3. The standard InChI is InChI=1S/C12H8ClN3/c13-11-7(3-14)1-2-9-10-6-15-4-8(10)5-16-12(9)11/h1-2,5,15H,4,6H2. The quantitative estimate of drug-likeness (QED) is 0.755. The van der Waals surface area contributed by atoms with E-state index in [0.29, 0.717) is 10.6 Å². The Balaban J connectivity index is 2.41. The average Bonchev–Trinajstić information content (AvgIpc) is 2.77. The molecule has 16 heavy (non-hydrogen) atoms. The number of fused-ring (bicyclic) bond motifs is 3. The number of hydrogen-bond donors (Lipinski definition) is 1. The van der Waals surface area contributed by atoms with Gasteiger partial charge in [-0.1, -0.05) is 17.7 Å². The number of hydrogen-bond acceptors (Lipinski definition) is 3. The van der Waals surface area contributed by atoms with Gasteiger partial charge in [-0.2, -0.15) is 5.26 Å². The molecule has 78 valence electrons. The zero-order valence-corrected chi connectivity index (χ0v) is 9.17. The van der Waals surface area contributed by atoms with Crippen LogP contribution in [0.15, 0.2) is 18.3 Å². The lowest BCUT2D eigenvalue weighted by Crippen LogP contribution is -2.00.